The molecule has 4 nitrogen and oxygen atoms in total. The molecule has 0 aliphatic carbocycles. The summed E-state index contributed by atoms with van der Waals surface area (Å²) in [6.45, 7) is 6.10. The van der Waals surface area contributed by atoms with Crippen LogP contribution in [-0.2, 0) is 11.2 Å². The maximum atomic E-state index is 13.1. The standard InChI is InChI=1S/C24H24O4/c1-4-8-19-21(13-11-17-10-7-6-9-16(17)3)28-22-14-12-18(24(26)27-5-2)15-20(22)23(19)25/h6-7,9-15H,4-5,8H2,1-3H3/b13-11-. The van der Waals surface area contributed by atoms with Gasteiger partial charge in [-0.05, 0) is 55.7 Å². The second-order valence-corrected chi connectivity index (χ2v) is 6.65. The molecule has 0 bridgehead atoms. The first kappa shape index (κ1) is 19.6. The average molecular weight is 376 g/mol. The summed E-state index contributed by atoms with van der Waals surface area (Å²) >= 11 is 0. The number of carbonyl (C=O) groups excluding carboxylic acids is 1. The predicted octanol–water partition coefficient (Wildman–Crippen LogP) is 5.40. The van der Waals surface area contributed by atoms with E-state index in [9.17, 15) is 9.59 Å². The molecule has 1 heterocycles. The maximum Gasteiger partial charge on any atom is 0.338 e. The fourth-order valence-electron chi connectivity index (χ4n) is 3.15. The first-order chi connectivity index (χ1) is 13.5. The summed E-state index contributed by atoms with van der Waals surface area (Å²) in [5.41, 5.74) is 3.57. The second kappa shape index (κ2) is 8.70. The molecule has 0 N–H and O–H groups in total. The first-order valence-corrected chi connectivity index (χ1v) is 9.55. The smallest absolute Gasteiger partial charge is 0.338 e. The minimum absolute atomic E-state index is 0.0984. The predicted molar refractivity (Wildman–Crippen MR) is 113 cm³/mol. The van der Waals surface area contributed by atoms with Crippen LogP contribution in [0.15, 0.2) is 51.7 Å². The molecule has 0 aliphatic rings. The van der Waals surface area contributed by atoms with Gasteiger partial charge in [0.25, 0.3) is 0 Å². The summed E-state index contributed by atoms with van der Waals surface area (Å²) in [6.07, 6.45) is 5.24. The first-order valence-electron chi connectivity index (χ1n) is 9.55. The van der Waals surface area contributed by atoms with E-state index in [0.717, 1.165) is 17.5 Å². The SMILES string of the molecule is CCCc1c(/C=C\c2ccccc2C)oc2ccc(C(=O)OCC)cc2c1=O. The lowest BCUT2D eigenvalue weighted by atomic mass is 10.0. The van der Waals surface area contributed by atoms with E-state index >= 15 is 0 Å². The van der Waals surface area contributed by atoms with E-state index < -0.39 is 5.97 Å². The lowest BCUT2D eigenvalue weighted by Crippen LogP contribution is -2.12. The van der Waals surface area contributed by atoms with Crippen molar-refractivity contribution in [2.75, 3.05) is 6.61 Å². The zero-order chi connectivity index (χ0) is 20.1. The molecular formula is C24H24O4. The quantitative estimate of drug-likeness (QED) is 0.541. The lowest BCUT2D eigenvalue weighted by molar-refractivity contribution is 0.0526. The molecule has 0 saturated carbocycles. The van der Waals surface area contributed by atoms with Crippen molar-refractivity contribution in [1.29, 1.82) is 0 Å². The molecule has 4 heteroatoms. The van der Waals surface area contributed by atoms with Crippen molar-refractivity contribution in [3.8, 4) is 0 Å². The topological polar surface area (TPSA) is 56.5 Å². The van der Waals surface area contributed by atoms with E-state index in [1.54, 1.807) is 25.1 Å². The maximum absolute atomic E-state index is 13.1. The highest BCUT2D eigenvalue weighted by molar-refractivity contribution is 5.94. The van der Waals surface area contributed by atoms with E-state index in [0.29, 0.717) is 34.3 Å². The molecule has 0 radical (unpaired) electrons. The van der Waals surface area contributed by atoms with Crippen LogP contribution in [0, 0.1) is 6.92 Å². The summed E-state index contributed by atoms with van der Waals surface area (Å²) in [7, 11) is 0. The van der Waals surface area contributed by atoms with Gasteiger partial charge in [0, 0.05) is 5.56 Å². The Kier molecular flexibility index (Phi) is 6.09. The van der Waals surface area contributed by atoms with Crippen molar-refractivity contribution >= 4 is 29.1 Å². The van der Waals surface area contributed by atoms with Gasteiger partial charge in [-0.15, -0.1) is 0 Å². The average Bonchev–Trinajstić information content (AvgIpc) is 2.70. The minimum Gasteiger partial charge on any atom is -0.462 e. The van der Waals surface area contributed by atoms with Gasteiger partial charge in [0.2, 0.25) is 0 Å². The number of benzene rings is 2. The van der Waals surface area contributed by atoms with Crippen LogP contribution >= 0.6 is 0 Å². The van der Waals surface area contributed by atoms with Crippen LogP contribution < -0.4 is 5.43 Å². The molecule has 144 valence electrons. The van der Waals surface area contributed by atoms with Gasteiger partial charge in [-0.2, -0.15) is 0 Å². The summed E-state index contributed by atoms with van der Waals surface area (Å²) < 4.78 is 11.1. The van der Waals surface area contributed by atoms with Gasteiger partial charge in [0.15, 0.2) is 5.43 Å². The van der Waals surface area contributed by atoms with Crippen molar-refractivity contribution < 1.29 is 13.9 Å². The zero-order valence-electron chi connectivity index (χ0n) is 16.5. The Bertz CT molecular complexity index is 1090. The molecule has 0 saturated heterocycles. The molecule has 0 amide bonds. The molecule has 3 rings (SSSR count). The van der Waals surface area contributed by atoms with Gasteiger partial charge in [-0.1, -0.05) is 43.7 Å². The molecule has 0 atom stereocenters. The Labute approximate surface area is 164 Å². The van der Waals surface area contributed by atoms with Crippen LogP contribution in [0.1, 0.15) is 53.1 Å². The van der Waals surface area contributed by atoms with Gasteiger partial charge in [-0.3, -0.25) is 4.79 Å². The van der Waals surface area contributed by atoms with Crippen LogP contribution in [0.3, 0.4) is 0 Å². The van der Waals surface area contributed by atoms with Crippen molar-refractivity contribution in [1.82, 2.24) is 0 Å². The van der Waals surface area contributed by atoms with Crippen LogP contribution in [0.5, 0.6) is 0 Å². The molecule has 0 unspecified atom stereocenters. The summed E-state index contributed by atoms with van der Waals surface area (Å²) in [5.74, 6) is 0.121. The number of carbonyl (C=O) groups is 1. The van der Waals surface area contributed by atoms with Gasteiger partial charge < -0.3 is 9.15 Å². The zero-order valence-corrected chi connectivity index (χ0v) is 16.5. The van der Waals surface area contributed by atoms with E-state index in [2.05, 4.69) is 0 Å². The van der Waals surface area contributed by atoms with Gasteiger partial charge in [0.1, 0.15) is 11.3 Å². The molecule has 28 heavy (non-hydrogen) atoms. The normalized spacial score (nSPS) is 11.2. The van der Waals surface area contributed by atoms with Crippen molar-refractivity contribution in [3.63, 3.8) is 0 Å². The molecular weight excluding hydrogens is 352 g/mol. The molecule has 3 aromatic rings. The van der Waals surface area contributed by atoms with Gasteiger partial charge >= 0.3 is 5.97 Å². The highest BCUT2D eigenvalue weighted by atomic mass is 16.5. The van der Waals surface area contributed by atoms with Crippen molar-refractivity contribution in [3.05, 3.63) is 80.7 Å². The van der Waals surface area contributed by atoms with Crippen LogP contribution in [0.25, 0.3) is 23.1 Å². The van der Waals surface area contributed by atoms with E-state index in [1.165, 1.54) is 0 Å². The second-order valence-electron chi connectivity index (χ2n) is 6.65. The molecule has 2 aromatic carbocycles. The number of esters is 1. The number of fused-ring (bicyclic) bond motifs is 1. The van der Waals surface area contributed by atoms with Crippen LogP contribution in [0.4, 0.5) is 0 Å². The third-order valence-corrected chi connectivity index (χ3v) is 4.63. The highest BCUT2D eigenvalue weighted by Gasteiger charge is 2.15. The summed E-state index contributed by atoms with van der Waals surface area (Å²) in [5, 5.41) is 0.405. The number of aryl methyl sites for hydroxylation is 1. The Balaban J connectivity index is 2.11. The lowest BCUT2D eigenvalue weighted by Gasteiger charge is -2.08. The fourth-order valence-corrected chi connectivity index (χ4v) is 3.15. The summed E-state index contributed by atoms with van der Waals surface area (Å²) in [6, 6.07) is 12.9. The Morgan fingerprint density at radius 2 is 1.89 bits per heavy atom. The minimum atomic E-state index is -0.440. The van der Waals surface area contributed by atoms with Crippen molar-refractivity contribution in [2.24, 2.45) is 0 Å². The van der Waals surface area contributed by atoms with Gasteiger partial charge in [0.05, 0.1) is 17.6 Å². The van der Waals surface area contributed by atoms with Crippen LogP contribution in [-0.4, -0.2) is 12.6 Å². The van der Waals surface area contributed by atoms with E-state index in [4.69, 9.17) is 9.15 Å². The Morgan fingerprint density at radius 3 is 2.61 bits per heavy atom. The largest absolute Gasteiger partial charge is 0.462 e. The van der Waals surface area contributed by atoms with Crippen LogP contribution in [0.2, 0.25) is 0 Å². The number of rotatable bonds is 6. The third kappa shape index (κ3) is 4.06. The van der Waals surface area contributed by atoms with E-state index in [1.807, 2.05) is 50.3 Å². The third-order valence-electron chi connectivity index (χ3n) is 4.63. The number of ether oxygens (including phenoxy) is 1. The van der Waals surface area contributed by atoms with Gasteiger partial charge in [-0.25, -0.2) is 4.79 Å². The number of hydrogen-bond acceptors (Lipinski definition) is 4. The molecule has 1 aromatic heterocycles. The highest BCUT2D eigenvalue weighted by Crippen LogP contribution is 2.21. The fraction of sp³-hybridized carbons (Fsp3) is 0.250. The Morgan fingerprint density at radius 1 is 1.11 bits per heavy atom. The molecule has 0 aliphatic heterocycles. The Hall–Kier alpha value is -3.14. The van der Waals surface area contributed by atoms with Crippen molar-refractivity contribution in [2.45, 2.75) is 33.6 Å². The monoisotopic (exact) mass is 376 g/mol. The molecule has 0 spiro atoms. The molecule has 0 fully saturated rings. The number of hydrogen-bond donors (Lipinski definition) is 0. The summed E-state index contributed by atoms with van der Waals surface area (Å²) in [4.78, 5) is 25.1. The van der Waals surface area contributed by atoms with E-state index in [-0.39, 0.29) is 12.0 Å².